The van der Waals surface area contributed by atoms with Gasteiger partial charge in [0, 0.05) is 31.9 Å². The molecule has 0 bridgehead atoms. The fourth-order valence-electron chi connectivity index (χ4n) is 2.51. The Morgan fingerprint density at radius 3 is 2.95 bits per heavy atom. The Morgan fingerprint density at radius 1 is 1.42 bits per heavy atom. The third-order valence-corrected chi connectivity index (χ3v) is 3.93. The van der Waals surface area contributed by atoms with Crippen LogP contribution in [0, 0.1) is 5.41 Å². The lowest BCUT2D eigenvalue weighted by Gasteiger charge is -2.29. The van der Waals surface area contributed by atoms with E-state index in [4.69, 9.17) is 5.73 Å². The van der Waals surface area contributed by atoms with E-state index in [1.807, 2.05) is 11.1 Å². The van der Waals surface area contributed by atoms with Crippen LogP contribution in [-0.2, 0) is 17.9 Å². The summed E-state index contributed by atoms with van der Waals surface area (Å²) in [5.41, 5.74) is 5.75. The summed E-state index contributed by atoms with van der Waals surface area (Å²) in [5.74, 6) is 1.22. The molecule has 5 nitrogen and oxygen atoms in total. The Labute approximate surface area is 114 Å². The van der Waals surface area contributed by atoms with Gasteiger partial charge < -0.3 is 15.2 Å². The number of nitrogens with zero attached hydrogens (tertiary/aromatic N) is 3. The second-order valence-electron chi connectivity index (χ2n) is 6.06. The lowest BCUT2D eigenvalue weighted by molar-refractivity contribution is -0.133. The first-order valence-corrected chi connectivity index (χ1v) is 7.00. The molecule has 2 rings (SSSR count). The fraction of sp³-hybridized carbons (Fsp3) is 0.714. The van der Waals surface area contributed by atoms with Crippen LogP contribution < -0.4 is 5.73 Å². The summed E-state index contributed by atoms with van der Waals surface area (Å²) in [4.78, 5) is 18.4. The average molecular weight is 264 g/mol. The molecule has 1 amide bonds. The van der Waals surface area contributed by atoms with E-state index in [2.05, 4.69) is 23.4 Å². The molecule has 0 spiro atoms. The first kappa shape index (κ1) is 14.1. The SMILES string of the molecule is CC(C)(CCN)CCC(=O)N1CCn2ccnc2C1. The maximum atomic E-state index is 12.2. The number of hydrogen-bond donors (Lipinski definition) is 1. The van der Waals surface area contributed by atoms with E-state index in [-0.39, 0.29) is 11.3 Å². The lowest BCUT2D eigenvalue weighted by Crippen LogP contribution is -2.38. The minimum absolute atomic E-state index is 0.151. The monoisotopic (exact) mass is 264 g/mol. The molecule has 1 aromatic rings. The molecule has 0 saturated carbocycles. The number of aromatic nitrogens is 2. The molecule has 0 fully saturated rings. The zero-order valence-electron chi connectivity index (χ0n) is 11.9. The van der Waals surface area contributed by atoms with Crippen molar-refractivity contribution in [1.82, 2.24) is 14.5 Å². The van der Waals surface area contributed by atoms with E-state index >= 15 is 0 Å². The number of nitrogens with two attached hydrogens (primary N) is 1. The smallest absolute Gasteiger partial charge is 0.223 e. The van der Waals surface area contributed by atoms with Crippen LogP contribution in [0.15, 0.2) is 12.4 Å². The summed E-state index contributed by atoms with van der Waals surface area (Å²) in [6.45, 7) is 7.32. The van der Waals surface area contributed by atoms with Gasteiger partial charge in [-0.3, -0.25) is 4.79 Å². The number of carbonyl (C=O) groups is 1. The van der Waals surface area contributed by atoms with Crippen molar-refractivity contribution < 1.29 is 4.79 Å². The largest absolute Gasteiger partial charge is 0.333 e. The molecule has 1 aliphatic rings. The van der Waals surface area contributed by atoms with Crippen LogP contribution in [-0.4, -0.2) is 33.4 Å². The molecule has 19 heavy (non-hydrogen) atoms. The van der Waals surface area contributed by atoms with Crippen LogP contribution in [0.1, 0.15) is 38.9 Å². The van der Waals surface area contributed by atoms with Crippen molar-refractivity contribution in [2.45, 2.75) is 46.2 Å². The molecule has 1 aliphatic heterocycles. The van der Waals surface area contributed by atoms with Crippen molar-refractivity contribution >= 4 is 5.91 Å². The van der Waals surface area contributed by atoms with Crippen molar-refractivity contribution in [1.29, 1.82) is 0 Å². The van der Waals surface area contributed by atoms with Crippen molar-refractivity contribution in [3.63, 3.8) is 0 Å². The van der Waals surface area contributed by atoms with Gasteiger partial charge in [-0.2, -0.15) is 0 Å². The van der Waals surface area contributed by atoms with Crippen LogP contribution in [0.5, 0.6) is 0 Å². The third-order valence-electron chi connectivity index (χ3n) is 3.93. The van der Waals surface area contributed by atoms with Gasteiger partial charge in [0.1, 0.15) is 5.82 Å². The van der Waals surface area contributed by atoms with E-state index < -0.39 is 0 Å². The summed E-state index contributed by atoms with van der Waals surface area (Å²) in [7, 11) is 0. The predicted molar refractivity (Wildman–Crippen MR) is 74.3 cm³/mol. The number of fused-ring (bicyclic) bond motifs is 1. The molecular weight excluding hydrogens is 240 g/mol. The lowest BCUT2D eigenvalue weighted by atomic mass is 9.84. The number of amides is 1. The number of hydrogen-bond acceptors (Lipinski definition) is 3. The molecule has 106 valence electrons. The van der Waals surface area contributed by atoms with Crippen LogP contribution in [0.2, 0.25) is 0 Å². The number of imidazole rings is 1. The van der Waals surface area contributed by atoms with E-state index in [0.29, 0.717) is 19.5 Å². The maximum Gasteiger partial charge on any atom is 0.223 e. The molecular formula is C14H24N4O. The molecule has 2 N–H and O–H groups in total. The van der Waals surface area contributed by atoms with Crippen molar-refractivity contribution in [2.75, 3.05) is 13.1 Å². The molecule has 0 saturated heterocycles. The van der Waals surface area contributed by atoms with Crippen LogP contribution >= 0.6 is 0 Å². The summed E-state index contributed by atoms with van der Waals surface area (Å²) in [5, 5.41) is 0. The summed E-state index contributed by atoms with van der Waals surface area (Å²) in [6, 6.07) is 0. The molecule has 0 atom stereocenters. The van der Waals surface area contributed by atoms with Crippen LogP contribution in [0.25, 0.3) is 0 Å². The zero-order valence-corrected chi connectivity index (χ0v) is 11.9. The normalized spacial score (nSPS) is 15.4. The highest BCUT2D eigenvalue weighted by molar-refractivity contribution is 5.76. The Morgan fingerprint density at radius 2 is 2.21 bits per heavy atom. The van der Waals surface area contributed by atoms with Gasteiger partial charge in [0.15, 0.2) is 0 Å². The molecule has 0 aliphatic carbocycles. The minimum Gasteiger partial charge on any atom is -0.333 e. The van der Waals surface area contributed by atoms with E-state index in [1.165, 1.54) is 0 Å². The third kappa shape index (κ3) is 3.56. The molecule has 0 radical (unpaired) electrons. The Kier molecular flexibility index (Phi) is 4.24. The van der Waals surface area contributed by atoms with Crippen LogP contribution in [0.4, 0.5) is 0 Å². The minimum atomic E-state index is 0.151. The van der Waals surface area contributed by atoms with Crippen molar-refractivity contribution in [2.24, 2.45) is 11.1 Å². The van der Waals surface area contributed by atoms with Crippen molar-refractivity contribution in [3.8, 4) is 0 Å². The number of rotatable bonds is 5. The first-order chi connectivity index (χ1) is 9.02. The zero-order chi connectivity index (χ0) is 13.9. The van der Waals surface area contributed by atoms with Gasteiger partial charge in [0.2, 0.25) is 5.91 Å². The van der Waals surface area contributed by atoms with Gasteiger partial charge >= 0.3 is 0 Å². The van der Waals surface area contributed by atoms with E-state index in [1.54, 1.807) is 6.20 Å². The Hall–Kier alpha value is -1.36. The molecule has 5 heteroatoms. The van der Waals surface area contributed by atoms with Crippen LogP contribution in [0.3, 0.4) is 0 Å². The standard InChI is InChI=1S/C14H24N4O/c1-14(2,5-6-15)4-3-13(19)18-10-9-17-8-7-16-12(17)11-18/h7-8H,3-6,9-11,15H2,1-2H3. The molecule has 2 heterocycles. The Balaban J connectivity index is 1.85. The highest BCUT2D eigenvalue weighted by Crippen LogP contribution is 2.26. The quantitative estimate of drug-likeness (QED) is 0.874. The fourth-order valence-corrected chi connectivity index (χ4v) is 2.51. The van der Waals surface area contributed by atoms with Gasteiger partial charge in [-0.1, -0.05) is 13.8 Å². The maximum absolute atomic E-state index is 12.2. The topological polar surface area (TPSA) is 64.2 Å². The molecule has 0 aromatic carbocycles. The first-order valence-electron chi connectivity index (χ1n) is 7.00. The average Bonchev–Trinajstić information content (AvgIpc) is 2.83. The highest BCUT2D eigenvalue weighted by Gasteiger charge is 2.24. The Bertz CT molecular complexity index is 438. The molecule has 0 unspecified atom stereocenters. The second kappa shape index (κ2) is 5.74. The predicted octanol–water partition coefficient (Wildman–Crippen LogP) is 1.38. The van der Waals surface area contributed by atoms with E-state index in [0.717, 1.165) is 31.8 Å². The van der Waals surface area contributed by atoms with Gasteiger partial charge in [0.25, 0.3) is 0 Å². The summed E-state index contributed by atoms with van der Waals surface area (Å²) < 4.78 is 2.11. The number of carbonyl (C=O) groups excluding carboxylic acids is 1. The van der Waals surface area contributed by atoms with Gasteiger partial charge in [0.05, 0.1) is 6.54 Å². The highest BCUT2D eigenvalue weighted by atomic mass is 16.2. The second-order valence-corrected chi connectivity index (χ2v) is 6.06. The summed E-state index contributed by atoms with van der Waals surface area (Å²) in [6.07, 6.45) is 6.24. The van der Waals surface area contributed by atoms with Gasteiger partial charge in [-0.25, -0.2) is 4.98 Å². The summed E-state index contributed by atoms with van der Waals surface area (Å²) >= 11 is 0. The van der Waals surface area contributed by atoms with Gasteiger partial charge in [-0.05, 0) is 24.8 Å². The van der Waals surface area contributed by atoms with Gasteiger partial charge in [-0.15, -0.1) is 0 Å². The molecule has 1 aromatic heterocycles. The van der Waals surface area contributed by atoms with Crippen molar-refractivity contribution in [3.05, 3.63) is 18.2 Å². The van der Waals surface area contributed by atoms with E-state index in [9.17, 15) is 4.79 Å².